The van der Waals surface area contributed by atoms with Gasteiger partial charge in [0.15, 0.2) is 0 Å². The van der Waals surface area contributed by atoms with Gasteiger partial charge in [-0.1, -0.05) is 90.9 Å². The molecule has 0 aromatic rings. The predicted octanol–water partition coefficient (Wildman–Crippen LogP) is 6.56. The molecule has 0 saturated heterocycles. The Morgan fingerprint density at radius 2 is 1.20 bits per heavy atom. The van der Waals surface area contributed by atoms with E-state index in [9.17, 15) is 9.90 Å². The van der Waals surface area contributed by atoms with E-state index in [1.165, 1.54) is 57.8 Å². The lowest BCUT2D eigenvalue weighted by Crippen LogP contribution is -2.06. The maximum Gasteiger partial charge on any atom is 0.305 e. The van der Waals surface area contributed by atoms with Crippen LogP contribution in [0, 0.1) is 0 Å². The summed E-state index contributed by atoms with van der Waals surface area (Å²) in [4.78, 5) is 11.6. The maximum atomic E-state index is 11.6. The SMILES string of the molecule is CCCCCCOC(=O)CCCCCCCCC(O)CCCCCC. The second-order valence-corrected chi connectivity index (χ2v) is 7.44. The molecule has 0 rings (SSSR count). The van der Waals surface area contributed by atoms with Crippen LogP contribution >= 0.6 is 0 Å². The zero-order valence-corrected chi connectivity index (χ0v) is 17.1. The summed E-state index contributed by atoms with van der Waals surface area (Å²) in [6, 6.07) is 0. The highest BCUT2D eigenvalue weighted by atomic mass is 16.5. The van der Waals surface area contributed by atoms with Gasteiger partial charge in [0, 0.05) is 6.42 Å². The zero-order chi connectivity index (χ0) is 18.6. The summed E-state index contributed by atoms with van der Waals surface area (Å²) in [6.45, 7) is 5.00. The number of carbonyl (C=O) groups is 1. The average molecular weight is 357 g/mol. The Morgan fingerprint density at radius 3 is 1.80 bits per heavy atom. The molecule has 0 saturated carbocycles. The standard InChI is InChI=1S/C22H44O3/c1-3-5-7-13-17-21(23)18-14-11-9-10-12-15-19-22(24)25-20-16-8-6-4-2/h21,23H,3-20H2,1-2H3. The van der Waals surface area contributed by atoms with Gasteiger partial charge in [0.1, 0.15) is 0 Å². The molecule has 1 unspecified atom stereocenters. The van der Waals surface area contributed by atoms with Crippen molar-refractivity contribution in [2.45, 2.75) is 129 Å². The third kappa shape index (κ3) is 19.6. The largest absolute Gasteiger partial charge is 0.466 e. The Hall–Kier alpha value is -0.570. The summed E-state index contributed by atoms with van der Waals surface area (Å²) in [6.07, 6.45) is 18.8. The normalized spacial score (nSPS) is 12.3. The van der Waals surface area contributed by atoms with Gasteiger partial charge in [-0.05, 0) is 25.7 Å². The molecule has 0 fully saturated rings. The van der Waals surface area contributed by atoms with E-state index in [0.29, 0.717) is 13.0 Å². The average Bonchev–Trinajstić information content (AvgIpc) is 2.60. The summed E-state index contributed by atoms with van der Waals surface area (Å²) in [5.41, 5.74) is 0. The highest BCUT2D eigenvalue weighted by Gasteiger charge is 2.04. The number of hydrogen-bond donors (Lipinski definition) is 1. The topological polar surface area (TPSA) is 46.5 Å². The maximum absolute atomic E-state index is 11.6. The van der Waals surface area contributed by atoms with Crippen LogP contribution in [0.3, 0.4) is 0 Å². The summed E-state index contributed by atoms with van der Waals surface area (Å²) in [7, 11) is 0. The minimum absolute atomic E-state index is 0.0253. The van der Waals surface area contributed by atoms with Crippen LogP contribution in [0.5, 0.6) is 0 Å². The van der Waals surface area contributed by atoms with Gasteiger partial charge in [-0.15, -0.1) is 0 Å². The lowest BCUT2D eigenvalue weighted by Gasteiger charge is -2.10. The monoisotopic (exact) mass is 356 g/mol. The minimum Gasteiger partial charge on any atom is -0.466 e. The number of aliphatic hydroxyl groups is 1. The first kappa shape index (κ1) is 24.4. The molecule has 0 aliphatic heterocycles. The van der Waals surface area contributed by atoms with Gasteiger partial charge in [0.2, 0.25) is 0 Å². The van der Waals surface area contributed by atoms with Crippen molar-refractivity contribution in [2.24, 2.45) is 0 Å². The first-order valence-electron chi connectivity index (χ1n) is 11.0. The van der Waals surface area contributed by atoms with Crippen LogP contribution in [0.4, 0.5) is 0 Å². The predicted molar refractivity (Wildman–Crippen MR) is 107 cm³/mol. The molecule has 0 aliphatic rings. The zero-order valence-electron chi connectivity index (χ0n) is 17.1. The van der Waals surface area contributed by atoms with Gasteiger partial charge in [-0.2, -0.15) is 0 Å². The van der Waals surface area contributed by atoms with Gasteiger partial charge in [0.05, 0.1) is 12.7 Å². The number of ether oxygens (including phenoxy) is 1. The molecule has 0 bridgehead atoms. The van der Waals surface area contributed by atoms with E-state index in [2.05, 4.69) is 13.8 Å². The number of aliphatic hydroxyl groups excluding tert-OH is 1. The highest BCUT2D eigenvalue weighted by molar-refractivity contribution is 5.69. The van der Waals surface area contributed by atoms with Gasteiger partial charge in [-0.25, -0.2) is 0 Å². The molecule has 0 heterocycles. The van der Waals surface area contributed by atoms with Crippen LogP contribution in [0.1, 0.15) is 123 Å². The van der Waals surface area contributed by atoms with Gasteiger partial charge < -0.3 is 9.84 Å². The van der Waals surface area contributed by atoms with Crippen LogP contribution in [-0.4, -0.2) is 23.8 Å². The lowest BCUT2D eigenvalue weighted by atomic mass is 10.0. The summed E-state index contributed by atoms with van der Waals surface area (Å²) < 4.78 is 5.24. The lowest BCUT2D eigenvalue weighted by molar-refractivity contribution is -0.143. The molecule has 1 atom stereocenters. The molecule has 0 radical (unpaired) electrons. The Labute approximate surface area is 156 Å². The second-order valence-electron chi connectivity index (χ2n) is 7.44. The van der Waals surface area contributed by atoms with Crippen LogP contribution in [-0.2, 0) is 9.53 Å². The number of hydrogen-bond acceptors (Lipinski definition) is 3. The van der Waals surface area contributed by atoms with E-state index in [4.69, 9.17) is 4.74 Å². The van der Waals surface area contributed by atoms with Crippen LogP contribution in [0.2, 0.25) is 0 Å². The third-order valence-electron chi connectivity index (χ3n) is 4.82. The Kier molecular flexibility index (Phi) is 19.3. The molecule has 0 amide bonds. The van der Waals surface area contributed by atoms with Crippen molar-refractivity contribution in [3.8, 4) is 0 Å². The number of carbonyl (C=O) groups excluding carboxylic acids is 1. The summed E-state index contributed by atoms with van der Waals surface area (Å²) >= 11 is 0. The van der Waals surface area contributed by atoms with Crippen molar-refractivity contribution in [1.29, 1.82) is 0 Å². The number of rotatable bonds is 19. The van der Waals surface area contributed by atoms with Crippen molar-refractivity contribution < 1.29 is 14.6 Å². The molecule has 25 heavy (non-hydrogen) atoms. The van der Waals surface area contributed by atoms with Crippen molar-refractivity contribution in [3.63, 3.8) is 0 Å². The van der Waals surface area contributed by atoms with Gasteiger partial charge >= 0.3 is 5.97 Å². The van der Waals surface area contributed by atoms with Gasteiger partial charge in [-0.3, -0.25) is 4.79 Å². The fraction of sp³-hybridized carbons (Fsp3) is 0.955. The van der Waals surface area contributed by atoms with Crippen LogP contribution in [0.25, 0.3) is 0 Å². The van der Waals surface area contributed by atoms with Crippen molar-refractivity contribution in [1.82, 2.24) is 0 Å². The van der Waals surface area contributed by atoms with E-state index >= 15 is 0 Å². The smallest absolute Gasteiger partial charge is 0.305 e. The molecule has 0 aliphatic carbocycles. The molecule has 0 aromatic carbocycles. The highest BCUT2D eigenvalue weighted by Crippen LogP contribution is 2.13. The summed E-state index contributed by atoms with van der Waals surface area (Å²) in [5.74, 6) is -0.0253. The quantitative estimate of drug-likeness (QED) is 0.210. The molecule has 3 nitrogen and oxygen atoms in total. The molecular weight excluding hydrogens is 312 g/mol. The number of unbranched alkanes of at least 4 members (excludes halogenated alkanes) is 11. The molecule has 3 heteroatoms. The van der Waals surface area contributed by atoms with E-state index in [1.807, 2.05) is 0 Å². The molecule has 1 N–H and O–H groups in total. The van der Waals surface area contributed by atoms with Gasteiger partial charge in [0.25, 0.3) is 0 Å². The van der Waals surface area contributed by atoms with E-state index in [-0.39, 0.29) is 12.1 Å². The first-order chi connectivity index (χ1) is 12.2. The van der Waals surface area contributed by atoms with Crippen molar-refractivity contribution >= 4 is 5.97 Å². The van der Waals surface area contributed by atoms with E-state index in [0.717, 1.165) is 44.9 Å². The Balaban J connectivity index is 3.23. The third-order valence-corrected chi connectivity index (χ3v) is 4.82. The van der Waals surface area contributed by atoms with Crippen molar-refractivity contribution in [2.75, 3.05) is 6.61 Å². The Morgan fingerprint density at radius 1 is 0.720 bits per heavy atom. The molecule has 150 valence electrons. The van der Waals surface area contributed by atoms with E-state index in [1.54, 1.807) is 0 Å². The van der Waals surface area contributed by atoms with Crippen LogP contribution in [0.15, 0.2) is 0 Å². The van der Waals surface area contributed by atoms with Crippen molar-refractivity contribution in [3.05, 3.63) is 0 Å². The Bertz CT molecular complexity index is 278. The molecular formula is C22H44O3. The summed E-state index contributed by atoms with van der Waals surface area (Å²) in [5, 5.41) is 9.92. The molecule has 0 spiro atoms. The van der Waals surface area contributed by atoms with E-state index < -0.39 is 0 Å². The molecule has 0 aromatic heterocycles. The second kappa shape index (κ2) is 19.8. The van der Waals surface area contributed by atoms with Crippen LogP contribution < -0.4 is 0 Å². The number of esters is 1. The minimum atomic E-state index is -0.0936. The fourth-order valence-corrected chi connectivity index (χ4v) is 3.09. The fourth-order valence-electron chi connectivity index (χ4n) is 3.09. The first-order valence-corrected chi connectivity index (χ1v) is 11.0.